The van der Waals surface area contributed by atoms with Gasteiger partial charge in [0.15, 0.2) is 0 Å². The zero-order valence-corrected chi connectivity index (χ0v) is 23.3. The molecule has 2 aliphatic rings. The fourth-order valence-electron chi connectivity index (χ4n) is 5.72. The van der Waals surface area contributed by atoms with E-state index in [-0.39, 0.29) is 30.1 Å². The molecule has 4 aromatic rings. The molecule has 7 nitrogen and oxygen atoms in total. The van der Waals surface area contributed by atoms with Gasteiger partial charge in [-0.05, 0) is 84.7 Å². The summed E-state index contributed by atoms with van der Waals surface area (Å²) in [5.41, 5.74) is 3.33. The number of aromatic nitrogens is 2. The third kappa shape index (κ3) is 5.54. The highest BCUT2D eigenvalue weighted by Gasteiger charge is 2.46. The minimum absolute atomic E-state index is 0.00456. The van der Waals surface area contributed by atoms with Crippen molar-refractivity contribution >= 4 is 21.6 Å². The van der Waals surface area contributed by atoms with Gasteiger partial charge < -0.3 is 9.47 Å². The number of nitrogens with zero attached hydrogens (tertiary/aromatic N) is 3. The van der Waals surface area contributed by atoms with E-state index >= 15 is 0 Å². The lowest BCUT2D eigenvalue weighted by atomic mass is 9.87. The smallest absolute Gasteiger partial charge is 0.244 e. The molecule has 1 fully saturated rings. The number of nitrogens with one attached hydrogen (secondary N) is 1. The van der Waals surface area contributed by atoms with E-state index in [1.165, 1.54) is 30.3 Å². The minimum atomic E-state index is -4.12. The Morgan fingerprint density at radius 3 is 2.61 bits per heavy atom. The van der Waals surface area contributed by atoms with Gasteiger partial charge in [0.1, 0.15) is 22.4 Å². The van der Waals surface area contributed by atoms with Crippen molar-refractivity contribution in [2.75, 3.05) is 4.90 Å². The maximum absolute atomic E-state index is 14.4. The van der Waals surface area contributed by atoms with Crippen LogP contribution in [0.4, 0.5) is 14.5 Å². The molecular weight excluding hydrogens is 546 g/mol. The van der Waals surface area contributed by atoms with Crippen molar-refractivity contribution in [2.45, 2.75) is 49.1 Å². The van der Waals surface area contributed by atoms with Gasteiger partial charge in [0.25, 0.3) is 0 Å². The van der Waals surface area contributed by atoms with E-state index in [4.69, 9.17) is 0 Å². The predicted octanol–water partition coefficient (Wildman–Crippen LogP) is 5.39. The maximum Gasteiger partial charge on any atom is 0.244 e. The van der Waals surface area contributed by atoms with Crippen LogP contribution in [-0.2, 0) is 34.8 Å². The molecule has 1 aromatic heterocycles. The van der Waals surface area contributed by atoms with E-state index in [1.54, 1.807) is 23.2 Å². The van der Waals surface area contributed by atoms with Gasteiger partial charge in [0, 0.05) is 37.1 Å². The zero-order chi connectivity index (χ0) is 28.7. The number of carbonyl (C=O) groups is 1. The second kappa shape index (κ2) is 10.8. The monoisotopic (exact) mass is 576 g/mol. The lowest BCUT2D eigenvalue weighted by Crippen LogP contribution is -2.34. The molecule has 2 aliphatic carbocycles. The summed E-state index contributed by atoms with van der Waals surface area (Å²) >= 11 is 0. The van der Waals surface area contributed by atoms with Crippen LogP contribution in [0.25, 0.3) is 0 Å². The van der Waals surface area contributed by atoms with Crippen molar-refractivity contribution in [3.8, 4) is 0 Å². The van der Waals surface area contributed by atoms with Crippen molar-refractivity contribution in [1.29, 1.82) is 0 Å². The first kappa shape index (κ1) is 27.3. The molecule has 0 unspecified atom stereocenters. The number of sulfonamides is 1. The first-order valence-corrected chi connectivity index (χ1v) is 15.1. The third-order valence-corrected chi connectivity index (χ3v) is 9.58. The molecule has 3 aromatic carbocycles. The van der Waals surface area contributed by atoms with Gasteiger partial charge in [-0.1, -0.05) is 30.3 Å². The topological polar surface area (TPSA) is 84.3 Å². The normalized spacial score (nSPS) is 19.9. The first-order valence-electron chi connectivity index (χ1n) is 13.6. The first-order chi connectivity index (χ1) is 19.7. The molecule has 1 amide bonds. The van der Waals surface area contributed by atoms with Gasteiger partial charge in [0.2, 0.25) is 15.9 Å². The number of anilines is 1. The maximum atomic E-state index is 14.4. The molecule has 212 valence electrons. The van der Waals surface area contributed by atoms with Crippen LogP contribution in [0.3, 0.4) is 0 Å². The molecule has 0 aliphatic heterocycles. The van der Waals surface area contributed by atoms with Gasteiger partial charge in [-0.15, -0.1) is 0 Å². The Labute approximate surface area is 237 Å². The van der Waals surface area contributed by atoms with Crippen LogP contribution >= 0.6 is 0 Å². The zero-order valence-electron chi connectivity index (χ0n) is 22.5. The summed E-state index contributed by atoms with van der Waals surface area (Å²) in [7, 11) is -2.25. The number of amides is 1. The highest BCUT2D eigenvalue weighted by atomic mass is 32.2. The minimum Gasteiger partial charge on any atom is -0.337 e. The van der Waals surface area contributed by atoms with Crippen LogP contribution in [-0.4, -0.2) is 23.9 Å². The summed E-state index contributed by atoms with van der Waals surface area (Å²) in [5, 5.41) is 0. The number of imidazole rings is 1. The van der Waals surface area contributed by atoms with Crippen LogP contribution in [0.2, 0.25) is 0 Å². The number of carbonyl (C=O) groups excluding carboxylic acids is 1. The number of aryl methyl sites for hydroxylation is 2. The fourth-order valence-corrected chi connectivity index (χ4v) is 7.05. The Hall–Kier alpha value is -3.89. The summed E-state index contributed by atoms with van der Waals surface area (Å²) in [6.07, 6.45) is 6.25. The Balaban J connectivity index is 1.32. The number of benzene rings is 3. The molecule has 3 atom stereocenters. The van der Waals surface area contributed by atoms with Crippen molar-refractivity contribution < 1.29 is 22.0 Å². The number of fused-ring (bicyclic) bond motifs is 1. The largest absolute Gasteiger partial charge is 0.337 e. The van der Waals surface area contributed by atoms with Crippen LogP contribution < -0.4 is 9.62 Å². The lowest BCUT2D eigenvalue weighted by Gasteiger charge is -2.29. The molecule has 41 heavy (non-hydrogen) atoms. The summed E-state index contributed by atoms with van der Waals surface area (Å²) in [5.74, 6) is -0.745. The van der Waals surface area contributed by atoms with Crippen molar-refractivity contribution in [1.82, 2.24) is 14.3 Å². The van der Waals surface area contributed by atoms with Crippen molar-refractivity contribution in [3.63, 3.8) is 0 Å². The molecule has 6 rings (SSSR count). The summed E-state index contributed by atoms with van der Waals surface area (Å²) < 4.78 is 58.7. The second-order valence-corrected chi connectivity index (χ2v) is 12.4. The van der Waals surface area contributed by atoms with Gasteiger partial charge in [-0.2, -0.15) is 0 Å². The average molecular weight is 577 g/mol. The highest BCUT2D eigenvalue weighted by molar-refractivity contribution is 7.89. The molecule has 0 radical (unpaired) electrons. The van der Waals surface area contributed by atoms with Gasteiger partial charge in [0.05, 0.1) is 6.54 Å². The number of hydrogen-bond acceptors (Lipinski definition) is 4. The third-order valence-electron chi connectivity index (χ3n) is 8.07. The molecule has 0 spiro atoms. The summed E-state index contributed by atoms with van der Waals surface area (Å²) in [6.45, 7) is 0.235. The lowest BCUT2D eigenvalue weighted by molar-refractivity contribution is -0.120. The molecule has 1 N–H and O–H groups in total. The van der Waals surface area contributed by atoms with Crippen molar-refractivity contribution in [2.24, 2.45) is 13.0 Å². The quantitative estimate of drug-likeness (QED) is 0.305. The average Bonchev–Trinajstić information content (AvgIpc) is 3.66. The Kier molecular flexibility index (Phi) is 7.21. The van der Waals surface area contributed by atoms with Gasteiger partial charge in [-0.25, -0.2) is 26.9 Å². The second-order valence-electron chi connectivity index (χ2n) is 10.8. The number of halogens is 2. The molecule has 10 heteroatoms. The molecule has 1 heterocycles. The van der Waals surface area contributed by atoms with E-state index in [2.05, 4.69) is 9.71 Å². The predicted molar refractivity (Wildman–Crippen MR) is 150 cm³/mol. The van der Waals surface area contributed by atoms with Crippen LogP contribution in [0.15, 0.2) is 84.0 Å². The van der Waals surface area contributed by atoms with E-state index in [0.717, 1.165) is 35.6 Å². The van der Waals surface area contributed by atoms with Crippen LogP contribution in [0, 0.1) is 17.6 Å². The van der Waals surface area contributed by atoms with Crippen LogP contribution in [0.5, 0.6) is 0 Å². The van der Waals surface area contributed by atoms with Gasteiger partial charge in [-0.3, -0.25) is 4.79 Å². The number of rotatable bonds is 8. The Morgan fingerprint density at radius 1 is 1.10 bits per heavy atom. The summed E-state index contributed by atoms with van der Waals surface area (Å²) in [4.78, 5) is 19.7. The number of hydrogen-bond donors (Lipinski definition) is 1. The fraction of sp³-hybridized carbons (Fsp3) is 0.290. The SMILES string of the molecule is Cn1ccnc1CN(C(=O)[C@@H]1C[C@H]1c1ccc(F)cc1)c1ccc2c(c1)[C@@H](NS(=O)(=O)c1ccccc1F)CCC2. The Bertz CT molecular complexity index is 1700. The van der Waals surface area contributed by atoms with E-state index in [9.17, 15) is 22.0 Å². The molecular formula is C31H30F2N4O3S. The summed E-state index contributed by atoms with van der Waals surface area (Å²) in [6, 6.07) is 16.7. The van der Waals surface area contributed by atoms with Gasteiger partial charge >= 0.3 is 0 Å². The Morgan fingerprint density at radius 2 is 1.88 bits per heavy atom. The molecule has 1 saturated carbocycles. The molecule has 0 bridgehead atoms. The standard InChI is InChI=1S/C31H30F2N4O3S/c1-36-16-15-34-30(36)19-37(31(38)26-18-24(26)21-9-12-22(32)13-10-21)23-14-11-20-5-4-7-28(25(20)17-23)35-41(39,40)29-8-3-2-6-27(29)33/h2-3,6,8-17,24,26,28,35H,4-5,7,18-19H2,1H3/t24-,26+,28-/m0/s1. The van der Waals surface area contributed by atoms with Crippen LogP contribution in [0.1, 0.15) is 53.7 Å². The van der Waals surface area contributed by atoms with E-state index in [0.29, 0.717) is 24.4 Å². The highest BCUT2D eigenvalue weighted by Crippen LogP contribution is 2.49. The van der Waals surface area contributed by atoms with Crippen molar-refractivity contribution in [3.05, 3.63) is 113 Å². The van der Waals surface area contributed by atoms with E-state index < -0.39 is 26.8 Å². The van der Waals surface area contributed by atoms with E-state index in [1.807, 2.05) is 36.0 Å². The molecule has 0 saturated heterocycles.